The van der Waals surface area contributed by atoms with E-state index < -0.39 is 6.10 Å². The molecule has 2 atom stereocenters. The smallest absolute Gasteiger partial charge is 0.253 e. The number of nitrogens with one attached hydrogen (secondary N) is 1. The second-order valence-electron chi connectivity index (χ2n) is 9.12. The third-order valence-corrected chi connectivity index (χ3v) is 6.78. The van der Waals surface area contributed by atoms with Gasteiger partial charge in [-0.1, -0.05) is 0 Å². The third kappa shape index (κ3) is 5.34. The number of β-amino-alcohol motifs (C(OH)–C–C–N with tert-alkyl or cyclic N) is 1. The Balaban J connectivity index is 1.26. The van der Waals surface area contributed by atoms with Crippen LogP contribution in [0.4, 0.5) is 11.6 Å². The van der Waals surface area contributed by atoms with Crippen LogP contribution in [0.3, 0.4) is 0 Å². The molecular weight excluding hydrogens is 446 g/mol. The third-order valence-electron chi connectivity index (χ3n) is 6.78. The van der Waals surface area contributed by atoms with Crippen LogP contribution in [-0.4, -0.2) is 74.6 Å². The molecule has 4 heterocycles. The lowest BCUT2D eigenvalue weighted by atomic mass is 9.92. The molecule has 4 N–H and O–H groups in total. The molecule has 1 amide bonds. The second-order valence-corrected chi connectivity index (χ2v) is 9.12. The van der Waals surface area contributed by atoms with Crippen LogP contribution < -0.4 is 11.1 Å². The summed E-state index contributed by atoms with van der Waals surface area (Å²) in [7, 11) is 0. The predicted octanol–water partition coefficient (Wildman–Crippen LogP) is 2.22. The average Bonchev–Trinajstić information content (AvgIpc) is 3.55. The number of nitrogens with zero attached hydrogens (tertiary/aromatic N) is 5. The number of nitrogens with two attached hydrogens (primary N) is 1. The molecule has 0 spiro atoms. The summed E-state index contributed by atoms with van der Waals surface area (Å²) in [6.07, 6.45) is 7.68. The lowest BCUT2D eigenvalue weighted by molar-refractivity contribution is 0.0480. The normalized spacial score (nSPS) is 19.6. The summed E-state index contributed by atoms with van der Waals surface area (Å²) in [5, 5.41) is 17.5. The molecule has 2 fully saturated rings. The van der Waals surface area contributed by atoms with Crippen molar-refractivity contribution in [1.29, 1.82) is 0 Å². The van der Waals surface area contributed by atoms with E-state index in [1.807, 2.05) is 35.3 Å². The number of amides is 1. The van der Waals surface area contributed by atoms with Crippen molar-refractivity contribution in [2.45, 2.75) is 31.4 Å². The highest BCUT2D eigenvalue weighted by atomic mass is 16.5. The number of hydrogen-bond donors (Lipinski definition) is 3. The van der Waals surface area contributed by atoms with Gasteiger partial charge in [-0.15, -0.1) is 0 Å². The van der Waals surface area contributed by atoms with Crippen LogP contribution in [0, 0.1) is 5.92 Å². The van der Waals surface area contributed by atoms with Crippen molar-refractivity contribution in [3.05, 3.63) is 54.5 Å². The van der Waals surface area contributed by atoms with E-state index in [9.17, 15) is 9.90 Å². The maximum absolute atomic E-state index is 12.6. The van der Waals surface area contributed by atoms with Gasteiger partial charge >= 0.3 is 0 Å². The van der Waals surface area contributed by atoms with Crippen LogP contribution >= 0.6 is 0 Å². The SMILES string of the molecule is NCC(C1CCOCC1)n1cc(-c2ccnc(Nc3ccc(C(=O)N4CC[C@@H](O)C4)cc3)n2)cn1. The Bertz CT molecular complexity index is 1140. The van der Waals surface area contributed by atoms with E-state index in [0.717, 1.165) is 43.0 Å². The van der Waals surface area contributed by atoms with Crippen molar-refractivity contribution in [2.75, 3.05) is 38.2 Å². The van der Waals surface area contributed by atoms with Crippen molar-refractivity contribution < 1.29 is 14.6 Å². The van der Waals surface area contributed by atoms with E-state index in [2.05, 4.69) is 20.4 Å². The molecular formula is C25H31N7O3. The zero-order chi connectivity index (χ0) is 24.2. The molecule has 2 saturated heterocycles. The molecule has 0 radical (unpaired) electrons. The highest BCUT2D eigenvalue weighted by Crippen LogP contribution is 2.28. The van der Waals surface area contributed by atoms with Crippen molar-refractivity contribution in [2.24, 2.45) is 11.7 Å². The molecule has 10 nitrogen and oxygen atoms in total. The number of aliphatic hydroxyl groups is 1. The summed E-state index contributed by atoms with van der Waals surface area (Å²) >= 11 is 0. The number of carbonyl (C=O) groups excluding carboxylic acids is 1. The summed E-state index contributed by atoms with van der Waals surface area (Å²) < 4.78 is 7.44. The molecule has 10 heteroatoms. The van der Waals surface area contributed by atoms with Gasteiger partial charge in [0.25, 0.3) is 5.91 Å². The Kier molecular flexibility index (Phi) is 7.03. The number of carbonyl (C=O) groups is 1. The molecule has 184 valence electrons. The largest absolute Gasteiger partial charge is 0.391 e. The van der Waals surface area contributed by atoms with Crippen LogP contribution in [0.2, 0.25) is 0 Å². The van der Waals surface area contributed by atoms with Gasteiger partial charge in [-0.25, -0.2) is 9.97 Å². The van der Waals surface area contributed by atoms with Gasteiger partial charge in [0.05, 0.1) is 24.0 Å². The Morgan fingerprint density at radius 3 is 2.71 bits per heavy atom. The molecule has 0 bridgehead atoms. The molecule has 1 unspecified atom stereocenters. The molecule has 35 heavy (non-hydrogen) atoms. The zero-order valence-electron chi connectivity index (χ0n) is 19.6. The second kappa shape index (κ2) is 10.5. The Morgan fingerprint density at radius 1 is 1.20 bits per heavy atom. The minimum Gasteiger partial charge on any atom is -0.391 e. The van der Waals surface area contributed by atoms with Gasteiger partial charge in [0.15, 0.2) is 0 Å². The lowest BCUT2D eigenvalue weighted by Crippen LogP contribution is -2.31. The van der Waals surface area contributed by atoms with Gasteiger partial charge in [-0.05, 0) is 55.5 Å². The summed E-state index contributed by atoms with van der Waals surface area (Å²) in [5.74, 6) is 0.839. The number of rotatable bonds is 7. The van der Waals surface area contributed by atoms with Gasteiger partial charge in [0.2, 0.25) is 5.95 Å². The summed E-state index contributed by atoms with van der Waals surface area (Å²) in [5.41, 5.74) is 9.12. The molecule has 5 rings (SSSR count). The first kappa shape index (κ1) is 23.4. The first-order valence-corrected chi connectivity index (χ1v) is 12.1. The number of likely N-dealkylation sites (tertiary alicyclic amines) is 1. The number of benzene rings is 1. The molecule has 1 aromatic carbocycles. The molecule has 0 saturated carbocycles. The Hall–Kier alpha value is -3.34. The fourth-order valence-electron chi connectivity index (χ4n) is 4.78. The first-order chi connectivity index (χ1) is 17.1. The lowest BCUT2D eigenvalue weighted by Gasteiger charge is -2.29. The summed E-state index contributed by atoms with van der Waals surface area (Å²) in [6.45, 7) is 3.04. The molecule has 2 aliphatic heterocycles. The number of hydrogen-bond acceptors (Lipinski definition) is 8. The topological polar surface area (TPSA) is 131 Å². The van der Waals surface area contributed by atoms with Gasteiger partial charge < -0.3 is 25.8 Å². The first-order valence-electron chi connectivity index (χ1n) is 12.1. The van der Waals surface area contributed by atoms with Crippen molar-refractivity contribution in [3.63, 3.8) is 0 Å². The van der Waals surface area contributed by atoms with Gasteiger partial charge in [-0.2, -0.15) is 5.10 Å². The van der Waals surface area contributed by atoms with Crippen molar-refractivity contribution in [3.8, 4) is 11.3 Å². The monoisotopic (exact) mass is 477 g/mol. The minimum atomic E-state index is -0.431. The van der Waals surface area contributed by atoms with Gasteiger partial charge in [0, 0.05) is 62.1 Å². The highest BCUT2D eigenvalue weighted by molar-refractivity contribution is 5.94. The fraction of sp³-hybridized carbons (Fsp3) is 0.440. The van der Waals surface area contributed by atoms with Crippen LogP contribution in [-0.2, 0) is 4.74 Å². The predicted molar refractivity (Wildman–Crippen MR) is 131 cm³/mol. The van der Waals surface area contributed by atoms with Gasteiger partial charge in [0.1, 0.15) is 0 Å². The van der Waals surface area contributed by atoms with E-state index in [0.29, 0.717) is 43.5 Å². The Morgan fingerprint density at radius 2 is 2.00 bits per heavy atom. The maximum Gasteiger partial charge on any atom is 0.253 e. The van der Waals surface area contributed by atoms with E-state index in [1.165, 1.54) is 0 Å². The molecule has 3 aromatic rings. The zero-order valence-corrected chi connectivity index (χ0v) is 19.6. The number of aliphatic hydroxyl groups excluding tert-OH is 1. The highest BCUT2D eigenvalue weighted by Gasteiger charge is 2.26. The Labute approximate surface area is 204 Å². The van der Waals surface area contributed by atoms with Crippen molar-refractivity contribution >= 4 is 17.5 Å². The molecule has 2 aliphatic rings. The van der Waals surface area contributed by atoms with E-state index in [1.54, 1.807) is 23.2 Å². The average molecular weight is 478 g/mol. The number of ether oxygens (including phenoxy) is 1. The molecule has 0 aliphatic carbocycles. The quantitative estimate of drug-likeness (QED) is 0.472. The summed E-state index contributed by atoms with van der Waals surface area (Å²) in [4.78, 5) is 23.2. The molecule has 2 aromatic heterocycles. The van der Waals surface area contributed by atoms with Crippen LogP contribution in [0.5, 0.6) is 0 Å². The number of aromatic nitrogens is 4. The van der Waals surface area contributed by atoms with E-state index in [-0.39, 0.29) is 11.9 Å². The van der Waals surface area contributed by atoms with Crippen LogP contribution in [0.1, 0.15) is 35.7 Å². The standard InChI is InChI=1S/C25H31N7O3/c26-13-23(17-7-11-35-12-8-17)32-15-19(14-28-32)22-5-9-27-25(30-22)29-20-3-1-18(2-4-20)24(34)31-10-6-21(33)16-31/h1-5,9,14-15,17,21,23,33H,6-8,10-13,16,26H2,(H,27,29,30)/t21-,23?/m1/s1. The van der Waals surface area contributed by atoms with Crippen LogP contribution in [0.25, 0.3) is 11.3 Å². The minimum absolute atomic E-state index is 0.0695. The van der Waals surface area contributed by atoms with Crippen molar-refractivity contribution in [1.82, 2.24) is 24.6 Å². The van der Waals surface area contributed by atoms with Crippen LogP contribution in [0.15, 0.2) is 48.9 Å². The summed E-state index contributed by atoms with van der Waals surface area (Å²) in [6, 6.07) is 9.18. The fourth-order valence-corrected chi connectivity index (χ4v) is 4.78. The number of anilines is 2. The van der Waals surface area contributed by atoms with E-state index in [4.69, 9.17) is 10.5 Å². The van der Waals surface area contributed by atoms with E-state index >= 15 is 0 Å². The maximum atomic E-state index is 12.6. The van der Waals surface area contributed by atoms with Gasteiger partial charge in [-0.3, -0.25) is 9.48 Å².